The van der Waals surface area contributed by atoms with E-state index in [2.05, 4.69) is 20.7 Å². The summed E-state index contributed by atoms with van der Waals surface area (Å²) in [6.45, 7) is 2.82. The van der Waals surface area contributed by atoms with E-state index >= 15 is 0 Å². The summed E-state index contributed by atoms with van der Waals surface area (Å²) in [7, 11) is 0. The predicted molar refractivity (Wildman–Crippen MR) is 104 cm³/mol. The first-order valence-electron chi connectivity index (χ1n) is 9.29. The highest BCUT2D eigenvalue weighted by Gasteiger charge is 2.46. The van der Waals surface area contributed by atoms with E-state index in [-0.39, 0.29) is 23.9 Å². The summed E-state index contributed by atoms with van der Waals surface area (Å²) in [6, 6.07) is 9.44. The standard InChI is InChI=1S/C19H23N7O2/c1-13(14-11-21-26(12-14)15-5-3-2-4-6-15)22-18(28)25-9-7-19(8-10-25)16(27)23-17(20)24-19/h2-6,11-13H,7-10H2,1H3,(H,22,28)(H3,20,23,24,27)/t13-/m0/s1. The van der Waals surface area contributed by atoms with Gasteiger partial charge >= 0.3 is 6.03 Å². The molecule has 0 bridgehead atoms. The molecule has 1 atom stereocenters. The van der Waals surface area contributed by atoms with E-state index in [0.717, 1.165) is 11.3 Å². The maximum Gasteiger partial charge on any atom is 0.317 e. The van der Waals surface area contributed by atoms with Gasteiger partial charge in [0.1, 0.15) is 5.54 Å². The van der Waals surface area contributed by atoms with Crippen LogP contribution in [0.3, 0.4) is 0 Å². The molecule has 0 saturated carbocycles. The maximum absolute atomic E-state index is 12.6. The number of likely N-dealkylation sites (tertiary alicyclic amines) is 1. The Morgan fingerprint density at radius 3 is 2.64 bits per heavy atom. The molecule has 4 N–H and O–H groups in total. The van der Waals surface area contributed by atoms with Crippen molar-refractivity contribution in [2.75, 3.05) is 13.1 Å². The summed E-state index contributed by atoms with van der Waals surface area (Å²) in [5.74, 6) is -0.0151. The molecule has 1 fully saturated rings. The largest absolute Gasteiger partial charge is 0.370 e. The van der Waals surface area contributed by atoms with Crippen molar-refractivity contribution >= 4 is 17.9 Å². The van der Waals surface area contributed by atoms with Gasteiger partial charge in [-0.1, -0.05) is 18.2 Å². The lowest BCUT2D eigenvalue weighted by molar-refractivity contribution is -0.125. The zero-order valence-electron chi connectivity index (χ0n) is 15.6. The van der Waals surface area contributed by atoms with Crippen LogP contribution in [0.15, 0.2) is 47.7 Å². The van der Waals surface area contributed by atoms with Gasteiger partial charge in [-0.15, -0.1) is 0 Å². The SMILES string of the molecule is C[C@H](NC(=O)N1CCC2(CC1)N=C(N)NC2=O)c1cnn(-c2ccccc2)c1. The number of nitrogens with zero attached hydrogens (tertiary/aromatic N) is 4. The minimum atomic E-state index is -0.816. The number of carbonyl (C=O) groups excluding carboxylic acids is 2. The smallest absolute Gasteiger partial charge is 0.317 e. The summed E-state index contributed by atoms with van der Waals surface area (Å²) in [4.78, 5) is 30.7. The third-order valence-electron chi connectivity index (χ3n) is 5.34. The van der Waals surface area contributed by atoms with Crippen LogP contribution in [0.25, 0.3) is 5.69 Å². The Morgan fingerprint density at radius 2 is 2.00 bits per heavy atom. The van der Waals surface area contributed by atoms with Crippen molar-refractivity contribution in [1.29, 1.82) is 0 Å². The fraction of sp³-hybridized carbons (Fsp3) is 0.368. The Labute approximate surface area is 162 Å². The first-order chi connectivity index (χ1) is 13.5. The quantitative estimate of drug-likeness (QED) is 0.733. The second kappa shape index (κ2) is 6.99. The summed E-state index contributed by atoms with van der Waals surface area (Å²) < 4.78 is 1.78. The van der Waals surface area contributed by atoms with Gasteiger partial charge in [0.2, 0.25) is 0 Å². The van der Waals surface area contributed by atoms with Crippen LogP contribution < -0.4 is 16.4 Å². The van der Waals surface area contributed by atoms with E-state index in [1.54, 1.807) is 15.8 Å². The van der Waals surface area contributed by atoms with Crippen molar-refractivity contribution in [2.24, 2.45) is 10.7 Å². The minimum Gasteiger partial charge on any atom is -0.370 e. The molecule has 4 rings (SSSR count). The number of guanidine groups is 1. The number of hydrogen-bond acceptors (Lipinski definition) is 5. The zero-order chi connectivity index (χ0) is 19.7. The Bertz CT molecular complexity index is 913. The number of nitrogens with one attached hydrogen (secondary N) is 2. The number of piperidine rings is 1. The van der Waals surface area contributed by atoms with Crippen LogP contribution in [0.5, 0.6) is 0 Å². The lowest BCUT2D eigenvalue weighted by atomic mass is 9.88. The Balaban J connectivity index is 1.36. The Morgan fingerprint density at radius 1 is 1.29 bits per heavy atom. The maximum atomic E-state index is 12.6. The van der Waals surface area contributed by atoms with Crippen LogP contribution in [0, 0.1) is 0 Å². The number of aliphatic imine (C=N–C) groups is 1. The molecule has 146 valence electrons. The highest BCUT2D eigenvalue weighted by molar-refractivity contribution is 6.06. The van der Waals surface area contributed by atoms with Crippen LogP contribution in [-0.2, 0) is 4.79 Å². The Kier molecular flexibility index (Phi) is 4.50. The molecule has 2 aliphatic rings. The van der Waals surface area contributed by atoms with Gasteiger partial charge in [-0.2, -0.15) is 5.10 Å². The number of nitrogens with two attached hydrogens (primary N) is 1. The molecular weight excluding hydrogens is 358 g/mol. The number of benzene rings is 1. The minimum absolute atomic E-state index is 0.159. The highest BCUT2D eigenvalue weighted by atomic mass is 16.2. The molecule has 3 amide bonds. The van der Waals surface area contributed by atoms with Gasteiger partial charge < -0.3 is 16.0 Å². The van der Waals surface area contributed by atoms with Crippen molar-refractivity contribution in [3.05, 3.63) is 48.3 Å². The molecule has 0 unspecified atom stereocenters. The second-order valence-corrected chi connectivity index (χ2v) is 7.19. The van der Waals surface area contributed by atoms with Gasteiger partial charge in [0.05, 0.1) is 17.9 Å². The van der Waals surface area contributed by atoms with Crippen molar-refractivity contribution < 1.29 is 9.59 Å². The molecule has 9 nitrogen and oxygen atoms in total. The average Bonchev–Trinajstić information content (AvgIpc) is 3.28. The number of rotatable bonds is 3. The van der Waals surface area contributed by atoms with Gasteiger partial charge in [-0.05, 0) is 31.9 Å². The lowest BCUT2D eigenvalue weighted by Crippen LogP contribution is -2.52. The van der Waals surface area contributed by atoms with E-state index < -0.39 is 5.54 Å². The first-order valence-corrected chi connectivity index (χ1v) is 9.29. The summed E-state index contributed by atoms with van der Waals surface area (Å²) in [5, 5.41) is 9.93. The normalized spacial score (nSPS) is 19.2. The van der Waals surface area contributed by atoms with Gasteiger partial charge in [-0.25, -0.2) is 14.5 Å². The van der Waals surface area contributed by atoms with E-state index in [4.69, 9.17) is 5.73 Å². The molecule has 9 heteroatoms. The third-order valence-corrected chi connectivity index (χ3v) is 5.34. The molecular formula is C19H23N7O2. The number of urea groups is 1. The lowest BCUT2D eigenvalue weighted by Gasteiger charge is -2.35. The molecule has 2 aromatic rings. The molecule has 3 heterocycles. The van der Waals surface area contributed by atoms with E-state index in [0.29, 0.717) is 25.9 Å². The summed E-state index contributed by atoms with van der Waals surface area (Å²) in [6.07, 6.45) is 4.59. The second-order valence-electron chi connectivity index (χ2n) is 7.19. The van der Waals surface area contributed by atoms with Crippen LogP contribution in [0.4, 0.5) is 4.79 Å². The predicted octanol–water partition coefficient (Wildman–Crippen LogP) is 0.922. The molecule has 1 saturated heterocycles. The van der Waals surface area contributed by atoms with Crippen molar-refractivity contribution in [2.45, 2.75) is 31.3 Å². The number of hydrogen-bond donors (Lipinski definition) is 3. The fourth-order valence-electron chi connectivity index (χ4n) is 3.60. The number of aromatic nitrogens is 2. The number of amides is 3. The zero-order valence-corrected chi connectivity index (χ0v) is 15.6. The van der Waals surface area contributed by atoms with E-state index in [9.17, 15) is 9.59 Å². The average molecular weight is 381 g/mol. The third kappa shape index (κ3) is 3.30. The molecule has 1 spiro atoms. The van der Waals surface area contributed by atoms with Crippen molar-refractivity contribution in [1.82, 2.24) is 25.3 Å². The van der Waals surface area contributed by atoms with Crippen molar-refractivity contribution in [3.8, 4) is 5.69 Å². The van der Waals surface area contributed by atoms with Crippen LogP contribution in [-0.4, -0.2) is 51.2 Å². The Hall–Kier alpha value is -3.36. The van der Waals surface area contributed by atoms with Gasteiger partial charge in [0, 0.05) is 24.8 Å². The first kappa shape index (κ1) is 18.0. The molecule has 0 radical (unpaired) electrons. The molecule has 1 aromatic heterocycles. The van der Waals surface area contributed by atoms with Gasteiger partial charge in [-0.3, -0.25) is 10.1 Å². The fourth-order valence-corrected chi connectivity index (χ4v) is 3.60. The van der Waals surface area contributed by atoms with Crippen molar-refractivity contribution in [3.63, 3.8) is 0 Å². The van der Waals surface area contributed by atoms with Crippen LogP contribution in [0.2, 0.25) is 0 Å². The molecule has 0 aliphatic carbocycles. The van der Waals surface area contributed by atoms with Crippen LogP contribution >= 0.6 is 0 Å². The summed E-state index contributed by atoms with van der Waals surface area (Å²) >= 11 is 0. The van der Waals surface area contributed by atoms with Gasteiger partial charge in [0.25, 0.3) is 5.91 Å². The number of para-hydroxylation sites is 1. The monoisotopic (exact) mass is 381 g/mol. The van der Waals surface area contributed by atoms with Gasteiger partial charge in [0.15, 0.2) is 5.96 Å². The van der Waals surface area contributed by atoms with E-state index in [1.807, 2.05) is 43.5 Å². The van der Waals surface area contributed by atoms with E-state index in [1.165, 1.54) is 0 Å². The highest BCUT2D eigenvalue weighted by Crippen LogP contribution is 2.29. The number of carbonyl (C=O) groups is 2. The molecule has 28 heavy (non-hydrogen) atoms. The molecule has 1 aromatic carbocycles. The molecule has 2 aliphatic heterocycles. The topological polar surface area (TPSA) is 118 Å². The summed E-state index contributed by atoms with van der Waals surface area (Å²) in [5.41, 5.74) is 6.68. The van der Waals surface area contributed by atoms with Crippen LogP contribution in [0.1, 0.15) is 31.4 Å².